The molecule has 0 aromatic heterocycles. The van der Waals surface area contributed by atoms with E-state index in [2.05, 4.69) is 55.2 Å². The van der Waals surface area contributed by atoms with Gasteiger partial charge >= 0.3 is 0 Å². The highest BCUT2D eigenvalue weighted by Gasteiger charge is 2.01. The average Bonchev–Trinajstić information content (AvgIpc) is 2.53. The molecule has 1 N–H and O–H groups in total. The number of nitrogens with one attached hydrogen (secondary N) is 1. The standard InChI is InChI=1S/C18H21NOS/c1-3-13-20-16-11-9-15(10-12-16)14-19-17-7-5-6-8-18(17)21-4-2/h3,5-12,19H,1,4,13-14H2,2H3. The Hall–Kier alpha value is -1.87. The Balaban J connectivity index is 1.95. The average molecular weight is 299 g/mol. The number of rotatable bonds is 8. The lowest BCUT2D eigenvalue weighted by molar-refractivity contribution is 0.363. The zero-order valence-electron chi connectivity index (χ0n) is 12.3. The van der Waals surface area contributed by atoms with Crippen molar-refractivity contribution in [2.24, 2.45) is 0 Å². The normalized spacial score (nSPS) is 10.1. The van der Waals surface area contributed by atoms with Crippen molar-refractivity contribution >= 4 is 17.4 Å². The summed E-state index contributed by atoms with van der Waals surface area (Å²) in [6.07, 6.45) is 1.75. The molecule has 0 heterocycles. The minimum absolute atomic E-state index is 0.541. The molecule has 2 nitrogen and oxygen atoms in total. The summed E-state index contributed by atoms with van der Waals surface area (Å²) >= 11 is 1.86. The van der Waals surface area contributed by atoms with Crippen LogP contribution in [0.1, 0.15) is 12.5 Å². The van der Waals surface area contributed by atoms with Crippen molar-refractivity contribution in [3.63, 3.8) is 0 Å². The van der Waals surface area contributed by atoms with Gasteiger partial charge in [0.05, 0.1) is 0 Å². The van der Waals surface area contributed by atoms with E-state index in [1.165, 1.54) is 16.1 Å². The Kier molecular flexibility index (Phi) is 6.22. The predicted molar refractivity (Wildman–Crippen MR) is 92.3 cm³/mol. The molecular formula is C18H21NOS. The van der Waals surface area contributed by atoms with E-state index in [0.717, 1.165) is 18.0 Å². The fourth-order valence-electron chi connectivity index (χ4n) is 1.95. The fourth-order valence-corrected chi connectivity index (χ4v) is 2.73. The lowest BCUT2D eigenvalue weighted by Crippen LogP contribution is -2.01. The van der Waals surface area contributed by atoms with Crippen LogP contribution in [0.3, 0.4) is 0 Å². The van der Waals surface area contributed by atoms with Gasteiger partial charge in [-0.2, -0.15) is 0 Å². The maximum absolute atomic E-state index is 5.48. The Morgan fingerprint density at radius 2 is 1.90 bits per heavy atom. The van der Waals surface area contributed by atoms with Gasteiger partial charge in [0, 0.05) is 17.1 Å². The summed E-state index contributed by atoms with van der Waals surface area (Å²) < 4.78 is 5.48. The molecule has 2 rings (SSSR count). The molecule has 0 bridgehead atoms. The highest BCUT2D eigenvalue weighted by atomic mass is 32.2. The summed E-state index contributed by atoms with van der Waals surface area (Å²) in [4.78, 5) is 1.30. The highest BCUT2D eigenvalue weighted by Crippen LogP contribution is 2.27. The first-order valence-corrected chi connectivity index (χ1v) is 8.10. The van der Waals surface area contributed by atoms with E-state index in [9.17, 15) is 0 Å². The van der Waals surface area contributed by atoms with Gasteiger partial charge in [-0.1, -0.05) is 43.8 Å². The molecule has 0 radical (unpaired) electrons. The number of hydrogen-bond acceptors (Lipinski definition) is 3. The quantitative estimate of drug-likeness (QED) is 0.549. The largest absolute Gasteiger partial charge is 0.490 e. The van der Waals surface area contributed by atoms with Crippen LogP contribution in [0.25, 0.3) is 0 Å². The van der Waals surface area contributed by atoms with Crippen LogP contribution in [0.4, 0.5) is 5.69 Å². The monoisotopic (exact) mass is 299 g/mol. The number of thioether (sulfide) groups is 1. The molecule has 3 heteroatoms. The van der Waals surface area contributed by atoms with Crippen LogP contribution in [0.5, 0.6) is 5.75 Å². The summed E-state index contributed by atoms with van der Waals surface area (Å²) in [7, 11) is 0. The third-order valence-electron chi connectivity index (χ3n) is 2.96. The molecule has 0 atom stereocenters. The van der Waals surface area contributed by atoms with E-state index in [1.54, 1.807) is 6.08 Å². The molecule has 0 aliphatic heterocycles. The summed E-state index contributed by atoms with van der Waals surface area (Å²) in [5, 5.41) is 3.50. The molecule has 0 aliphatic rings. The van der Waals surface area contributed by atoms with Crippen LogP contribution in [-0.4, -0.2) is 12.4 Å². The van der Waals surface area contributed by atoms with Crippen molar-refractivity contribution < 1.29 is 4.74 Å². The van der Waals surface area contributed by atoms with Gasteiger partial charge in [0.2, 0.25) is 0 Å². The maximum Gasteiger partial charge on any atom is 0.119 e. The Bertz CT molecular complexity index is 566. The van der Waals surface area contributed by atoms with Gasteiger partial charge in [-0.15, -0.1) is 11.8 Å². The van der Waals surface area contributed by atoms with Gasteiger partial charge in [0.15, 0.2) is 0 Å². The third kappa shape index (κ3) is 4.87. The lowest BCUT2D eigenvalue weighted by atomic mass is 10.2. The second kappa shape index (κ2) is 8.42. The van der Waals surface area contributed by atoms with Crippen molar-refractivity contribution in [1.29, 1.82) is 0 Å². The molecule has 21 heavy (non-hydrogen) atoms. The fraction of sp³-hybridized carbons (Fsp3) is 0.222. The topological polar surface area (TPSA) is 21.3 Å². The van der Waals surface area contributed by atoms with Gasteiger partial charge in [-0.25, -0.2) is 0 Å². The maximum atomic E-state index is 5.48. The van der Waals surface area contributed by atoms with Gasteiger partial charge < -0.3 is 10.1 Å². The Labute approximate surface area is 131 Å². The van der Waals surface area contributed by atoms with E-state index in [1.807, 2.05) is 23.9 Å². The van der Waals surface area contributed by atoms with Crippen LogP contribution in [0, 0.1) is 0 Å². The minimum atomic E-state index is 0.541. The highest BCUT2D eigenvalue weighted by molar-refractivity contribution is 7.99. The number of ether oxygens (including phenoxy) is 1. The first kappa shape index (κ1) is 15.5. The van der Waals surface area contributed by atoms with E-state index in [-0.39, 0.29) is 0 Å². The molecule has 0 saturated carbocycles. The van der Waals surface area contributed by atoms with Crippen molar-refractivity contribution in [2.45, 2.75) is 18.4 Å². The van der Waals surface area contributed by atoms with Crippen LogP contribution in [-0.2, 0) is 6.54 Å². The molecule has 110 valence electrons. The molecule has 0 aliphatic carbocycles. The van der Waals surface area contributed by atoms with Gasteiger partial charge in [-0.05, 0) is 35.6 Å². The van der Waals surface area contributed by atoms with E-state index in [4.69, 9.17) is 4.74 Å². The number of para-hydroxylation sites is 1. The second-order valence-electron chi connectivity index (χ2n) is 4.53. The third-order valence-corrected chi connectivity index (χ3v) is 3.92. The molecule has 2 aromatic rings. The molecule has 0 unspecified atom stereocenters. The van der Waals surface area contributed by atoms with E-state index in [0.29, 0.717) is 6.61 Å². The van der Waals surface area contributed by atoms with Crippen molar-refractivity contribution in [1.82, 2.24) is 0 Å². The van der Waals surface area contributed by atoms with Gasteiger partial charge in [-0.3, -0.25) is 0 Å². The van der Waals surface area contributed by atoms with Crippen molar-refractivity contribution in [3.05, 3.63) is 66.7 Å². The number of hydrogen-bond donors (Lipinski definition) is 1. The SMILES string of the molecule is C=CCOc1ccc(CNc2ccccc2SCC)cc1. The summed E-state index contributed by atoms with van der Waals surface area (Å²) in [5.41, 5.74) is 2.42. The molecule has 0 amide bonds. The van der Waals surface area contributed by atoms with Crippen LogP contribution in [0.15, 0.2) is 66.1 Å². The van der Waals surface area contributed by atoms with Crippen molar-refractivity contribution in [3.8, 4) is 5.75 Å². The van der Waals surface area contributed by atoms with Gasteiger partial charge in [0.1, 0.15) is 12.4 Å². The zero-order chi connectivity index (χ0) is 14.9. The van der Waals surface area contributed by atoms with E-state index < -0.39 is 0 Å². The summed E-state index contributed by atoms with van der Waals surface area (Å²) in [6.45, 7) is 7.16. The molecule has 0 spiro atoms. The summed E-state index contributed by atoms with van der Waals surface area (Å²) in [6, 6.07) is 16.6. The number of anilines is 1. The number of benzene rings is 2. The second-order valence-corrected chi connectivity index (χ2v) is 5.83. The zero-order valence-corrected chi connectivity index (χ0v) is 13.2. The molecule has 2 aromatic carbocycles. The molecular weight excluding hydrogens is 278 g/mol. The Morgan fingerprint density at radius 3 is 2.62 bits per heavy atom. The van der Waals surface area contributed by atoms with Crippen LogP contribution >= 0.6 is 11.8 Å². The smallest absolute Gasteiger partial charge is 0.119 e. The lowest BCUT2D eigenvalue weighted by Gasteiger charge is -2.11. The van der Waals surface area contributed by atoms with Crippen LogP contribution < -0.4 is 10.1 Å². The minimum Gasteiger partial charge on any atom is -0.490 e. The Morgan fingerprint density at radius 1 is 1.14 bits per heavy atom. The molecule has 0 saturated heterocycles. The molecule has 0 fully saturated rings. The first-order valence-electron chi connectivity index (χ1n) is 7.12. The van der Waals surface area contributed by atoms with Gasteiger partial charge in [0.25, 0.3) is 0 Å². The van der Waals surface area contributed by atoms with Crippen molar-refractivity contribution in [2.75, 3.05) is 17.7 Å². The van der Waals surface area contributed by atoms with Crippen LogP contribution in [0.2, 0.25) is 0 Å². The predicted octanol–water partition coefficient (Wildman–Crippen LogP) is 4.98. The van der Waals surface area contributed by atoms with E-state index >= 15 is 0 Å². The summed E-state index contributed by atoms with van der Waals surface area (Å²) in [5.74, 6) is 1.95. The first-order chi connectivity index (χ1) is 10.3.